The number of halogens is 2. The van der Waals surface area contributed by atoms with Gasteiger partial charge in [-0.1, -0.05) is 12.8 Å². The fourth-order valence-corrected chi connectivity index (χ4v) is 3.49. The van der Waals surface area contributed by atoms with Crippen molar-refractivity contribution in [2.45, 2.75) is 25.7 Å². The van der Waals surface area contributed by atoms with Crippen molar-refractivity contribution in [3.63, 3.8) is 0 Å². The zero-order chi connectivity index (χ0) is 14.7. The molecule has 1 amide bonds. The largest absolute Gasteiger partial charge is 0.352 e. The molecule has 0 bridgehead atoms. The van der Waals surface area contributed by atoms with E-state index in [-0.39, 0.29) is 36.1 Å². The van der Waals surface area contributed by atoms with Crippen molar-refractivity contribution in [2.75, 3.05) is 37.6 Å². The minimum absolute atomic E-state index is 0. The van der Waals surface area contributed by atoms with Crippen LogP contribution in [0.3, 0.4) is 0 Å². The second-order valence-electron chi connectivity index (χ2n) is 6.03. The Kier molecular flexibility index (Phi) is 7.51. The summed E-state index contributed by atoms with van der Waals surface area (Å²) in [6, 6.07) is 0. The Hall–Kier alpha value is -1.11. The molecule has 0 atom stereocenters. The molecule has 0 radical (unpaired) electrons. The van der Waals surface area contributed by atoms with Gasteiger partial charge in [-0.25, -0.2) is 4.98 Å². The number of carbonyl (C=O) groups is 1. The second-order valence-corrected chi connectivity index (χ2v) is 6.03. The van der Waals surface area contributed by atoms with Crippen molar-refractivity contribution in [2.24, 2.45) is 11.1 Å². The summed E-state index contributed by atoms with van der Waals surface area (Å²) in [5, 5.41) is 0. The second kappa shape index (κ2) is 8.66. The van der Waals surface area contributed by atoms with E-state index >= 15 is 0 Å². The Balaban J connectivity index is 0.00000132. The summed E-state index contributed by atoms with van der Waals surface area (Å²) in [5.74, 6) is 1.15. The number of nitrogens with two attached hydrogens (primary N) is 1. The minimum Gasteiger partial charge on any atom is -0.352 e. The highest BCUT2D eigenvalue weighted by Crippen LogP contribution is 2.39. The van der Waals surface area contributed by atoms with Crippen LogP contribution in [0.2, 0.25) is 0 Å². The Bertz CT molecular complexity index is 488. The summed E-state index contributed by atoms with van der Waals surface area (Å²) in [7, 11) is 0. The van der Waals surface area contributed by atoms with Gasteiger partial charge in [-0.05, 0) is 12.8 Å². The van der Waals surface area contributed by atoms with Crippen LogP contribution in [0.15, 0.2) is 18.6 Å². The van der Waals surface area contributed by atoms with Crippen LogP contribution in [0, 0.1) is 5.41 Å². The van der Waals surface area contributed by atoms with E-state index < -0.39 is 0 Å². The van der Waals surface area contributed by atoms with Crippen molar-refractivity contribution >= 4 is 36.5 Å². The Morgan fingerprint density at radius 3 is 2.30 bits per heavy atom. The summed E-state index contributed by atoms with van der Waals surface area (Å²) < 4.78 is 0. The highest BCUT2D eigenvalue weighted by Gasteiger charge is 2.42. The third-order valence-corrected chi connectivity index (χ3v) is 4.85. The normalized spacial score (nSPS) is 19.7. The molecule has 1 saturated carbocycles. The number of amides is 1. The summed E-state index contributed by atoms with van der Waals surface area (Å²) in [6.45, 7) is 3.60. The van der Waals surface area contributed by atoms with Gasteiger partial charge in [0.15, 0.2) is 0 Å². The van der Waals surface area contributed by atoms with Crippen LogP contribution in [0.25, 0.3) is 0 Å². The molecule has 1 aromatic heterocycles. The predicted octanol–water partition coefficient (Wildman–Crippen LogP) is 1.49. The number of hydrogen-bond acceptors (Lipinski definition) is 5. The van der Waals surface area contributed by atoms with E-state index in [2.05, 4.69) is 14.9 Å². The van der Waals surface area contributed by atoms with Gasteiger partial charge in [-0.15, -0.1) is 24.8 Å². The smallest absolute Gasteiger partial charge is 0.230 e. The Morgan fingerprint density at radius 1 is 1.13 bits per heavy atom. The van der Waals surface area contributed by atoms with Gasteiger partial charge in [0, 0.05) is 45.1 Å². The van der Waals surface area contributed by atoms with Crippen LogP contribution in [-0.2, 0) is 4.79 Å². The number of carbonyl (C=O) groups excluding carboxylic acids is 1. The quantitative estimate of drug-likeness (QED) is 0.882. The molecular formula is C15H25Cl2N5O. The number of nitrogens with zero attached hydrogens (tertiary/aromatic N) is 4. The van der Waals surface area contributed by atoms with Gasteiger partial charge in [0.2, 0.25) is 5.91 Å². The lowest BCUT2D eigenvalue weighted by Gasteiger charge is -2.39. The zero-order valence-electron chi connectivity index (χ0n) is 13.2. The predicted molar refractivity (Wildman–Crippen MR) is 95.3 cm³/mol. The molecule has 1 saturated heterocycles. The standard InChI is InChI=1S/C15H23N5O.2ClH/c16-12-15(3-1-2-4-15)14(21)20-9-7-19(8-10-20)13-11-17-5-6-18-13;;/h5-6,11H,1-4,7-10,12,16H2;2*1H. The minimum atomic E-state index is -0.283. The first-order chi connectivity index (χ1) is 10.2. The van der Waals surface area contributed by atoms with Gasteiger partial charge in [0.05, 0.1) is 11.6 Å². The van der Waals surface area contributed by atoms with E-state index in [1.54, 1.807) is 18.6 Å². The van der Waals surface area contributed by atoms with E-state index in [1.165, 1.54) is 0 Å². The summed E-state index contributed by atoms with van der Waals surface area (Å²) >= 11 is 0. The van der Waals surface area contributed by atoms with E-state index in [0.717, 1.165) is 57.7 Å². The molecule has 2 aliphatic rings. The van der Waals surface area contributed by atoms with Crippen molar-refractivity contribution in [3.05, 3.63) is 18.6 Å². The van der Waals surface area contributed by atoms with Gasteiger partial charge in [-0.3, -0.25) is 9.78 Å². The van der Waals surface area contributed by atoms with E-state index in [9.17, 15) is 4.79 Å². The average molecular weight is 362 g/mol. The maximum absolute atomic E-state index is 12.8. The third-order valence-electron chi connectivity index (χ3n) is 4.85. The first-order valence-corrected chi connectivity index (χ1v) is 7.76. The third kappa shape index (κ3) is 4.05. The Morgan fingerprint density at radius 2 is 1.78 bits per heavy atom. The van der Waals surface area contributed by atoms with Crippen molar-refractivity contribution in [3.8, 4) is 0 Å². The molecule has 130 valence electrons. The molecule has 1 aromatic rings. The van der Waals surface area contributed by atoms with Crippen molar-refractivity contribution in [1.29, 1.82) is 0 Å². The highest BCUT2D eigenvalue weighted by molar-refractivity contribution is 5.85. The van der Waals surface area contributed by atoms with Gasteiger partial charge in [0.25, 0.3) is 0 Å². The molecule has 0 unspecified atom stereocenters. The zero-order valence-corrected chi connectivity index (χ0v) is 14.8. The van der Waals surface area contributed by atoms with Crippen LogP contribution < -0.4 is 10.6 Å². The molecule has 3 rings (SSSR count). The topological polar surface area (TPSA) is 75.4 Å². The number of anilines is 1. The van der Waals surface area contributed by atoms with Crippen molar-refractivity contribution in [1.82, 2.24) is 14.9 Å². The van der Waals surface area contributed by atoms with E-state index in [4.69, 9.17) is 5.73 Å². The number of aromatic nitrogens is 2. The first kappa shape index (κ1) is 19.9. The monoisotopic (exact) mass is 361 g/mol. The van der Waals surface area contributed by atoms with Gasteiger partial charge in [0.1, 0.15) is 5.82 Å². The molecule has 1 aliphatic carbocycles. The molecule has 0 spiro atoms. The maximum Gasteiger partial charge on any atom is 0.230 e. The molecular weight excluding hydrogens is 337 g/mol. The van der Waals surface area contributed by atoms with Crippen LogP contribution in [0.5, 0.6) is 0 Å². The summed E-state index contributed by atoms with van der Waals surface area (Å²) in [6.07, 6.45) is 9.31. The maximum atomic E-state index is 12.8. The SMILES string of the molecule is Cl.Cl.NCC1(C(=O)N2CCN(c3cnccn3)CC2)CCCC1. The summed E-state index contributed by atoms with van der Waals surface area (Å²) in [5.41, 5.74) is 5.64. The molecule has 1 aliphatic heterocycles. The van der Waals surface area contributed by atoms with E-state index in [0.29, 0.717) is 6.54 Å². The average Bonchev–Trinajstić information content (AvgIpc) is 3.05. The lowest BCUT2D eigenvalue weighted by molar-refractivity contribution is -0.141. The highest BCUT2D eigenvalue weighted by atomic mass is 35.5. The molecule has 0 aromatic carbocycles. The number of rotatable bonds is 3. The van der Waals surface area contributed by atoms with E-state index in [1.807, 2.05) is 4.90 Å². The fraction of sp³-hybridized carbons (Fsp3) is 0.667. The van der Waals surface area contributed by atoms with Gasteiger partial charge >= 0.3 is 0 Å². The van der Waals surface area contributed by atoms with Crippen LogP contribution in [0.1, 0.15) is 25.7 Å². The molecule has 8 heteroatoms. The van der Waals surface area contributed by atoms with Crippen LogP contribution in [-0.4, -0.2) is 53.5 Å². The first-order valence-electron chi connectivity index (χ1n) is 7.76. The molecule has 6 nitrogen and oxygen atoms in total. The molecule has 2 heterocycles. The van der Waals surface area contributed by atoms with Crippen LogP contribution >= 0.6 is 24.8 Å². The van der Waals surface area contributed by atoms with Crippen LogP contribution in [0.4, 0.5) is 5.82 Å². The lowest BCUT2D eigenvalue weighted by Crippen LogP contribution is -2.54. The van der Waals surface area contributed by atoms with Gasteiger partial charge in [-0.2, -0.15) is 0 Å². The van der Waals surface area contributed by atoms with Gasteiger partial charge < -0.3 is 15.5 Å². The van der Waals surface area contributed by atoms with Crippen molar-refractivity contribution < 1.29 is 4.79 Å². The number of piperazine rings is 1. The molecule has 2 fully saturated rings. The Labute approximate surface area is 149 Å². The molecule has 23 heavy (non-hydrogen) atoms. The lowest BCUT2D eigenvalue weighted by atomic mass is 9.84. The number of hydrogen-bond donors (Lipinski definition) is 1. The fourth-order valence-electron chi connectivity index (χ4n) is 3.49. The summed E-state index contributed by atoms with van der Waals surface area (Å²) in [4.78, 5) is 25.4. The molecule has 2 N–H and O–H groups in total.